The van der Waals surface area contributed by atoms with Crippen LogP contribution in [0.1, 0.15) is 47.4 Å². The molecule has 0 atom stereocenters. The summed E-state index contributed by atoms with van der Waals surface area (Å²) in [6.45, 7) is 8.52. The van der Waals surface area contributed by atoms with Gasteiger partial charge in [-0.1, -0.05) is 5.16 Å². The van der Waals surface area contributed by atoms with Gasteiger partial charge in [0.1, 0.15) is 0 Å². The normalized spacial score (nSPS) is 11.5. The second-order valence-electron chi connectivity index (χ2n) is 5.34. The van der Waals surface area contributed by atoms with Crippen molar-refractivity contribution in [3.05, 3.63) is 39.2 Å². The van der Waals surface area contributed by atoms with E-state index in [2.05, 4.69) is 25.4 Å². The summed E-state index contributed by atoms with van der Waals surface area (Å²) in [4.78, 5) is 34.8. The molecule has 0 bridgehead atoms. The summed E-state index contributed by atoms with van der Waals surface area (Å²) in [6, 6.07) is 0. The Hall–Kier alpha value is -2.51. The minimum Gasteiger partial charge on any atom is -0.340 e. The maximum absolute atomic E-state index is 12.2. The molecule has 0 aromatic carbocycles. The lowest BCUT2D eigenvalue weighted by atomic mass is 10.0. The molecular weight excluding hydrogens is 274 g/mol. The predicted molar refractivity (Wildman–Crippen MR) is 73.9 cm³/mol. The summed E-state index contributed by atoms with van der Waals surface area (Å²) in [5, 5.41) is 6.46. The highest BCUT2D eigenvalue weighted by Gasteiger charge is 2.30. The van der Waals surface area contributed by atoms with Crippen molar-refractivity contribution in [2.45, 2.75) is 40.2 Å². The molecule has 1 amide bonds. The summed E-state index contributed by atoms with van der Waals surface area (Å²) < 4.78 is 4.90. The predicted octanol–water partition coefficient (Wildman–Crippen LogP) is 0.743. The third-order valence-corrected chi connectivity index (χ3v) is 3.07. The number of aromatic amines is 1. The lowest BCUT2D eigenvalue weighted by molar-refractivity contribution is 0.0900. The molecule has 0 spiro atoms. The van der Waals surface area contributed by atoms with Crippen LogP contribution in [0.3, 0.4) is 0 Å². The Morgan fingerprint density at radius 3 is 2.48 bits per heavy atom. The molecule has 0 aliphatic heterocycles. The van der Waals surface area contributed by atoms with Crippen molar-refractivity contribution in [1.29, 1.82) is 0 Å². The number of carbonyl (C=O) groups excluding carboxylic acids is 1. The summed E-state index contributed by atoms with van der Waals surface area (Å²) in [5.41, 5.74) is -0.387. The van der Waals surface area contributed by atoms with E-state index >= 15 is 0 Å². The summed E-state index contributed by atoms with van der Waals surface area (Å²) in [5.74, 6) is 0.134. The van der Waals surface area contributed by atoms with Gasteiger partial charge in [-0.05, 0) is 27.7 Å². The molecule has 0 aliphatic carbocycles. The monoisotopic (exact) mass is 291 g/mol. The molecule has 21 heavy (non-hydrogen) atoms. The van der Waals surface area contributed by atoms with Crippen molar-refractivity contribution in [2.24, 2.45) is 0 Å². The van der Waals surface area contributed by atoms with E-state index in [1.54, 1.807) is 34.6 Å². The van der Waals surface area contributed by atoms with Gasteiger partial charge in [-0.3, -0.25) is 9.59 Å². The van der Waals surface area contributed by atoms with E-state index in [-0.39, 0.29) is 5.69 Å². The van der Waals surface area contributed by atoms with E-state index in [0.29, 0.717) is 23.1 Å². The van der Waals surface area contributed by atoms with Gasteiger partial charge in [-0.25, -0.2) is 4.98 Å². The van der Waals surface area contributed by atoms with Crippen molar-refractivity contribution in [3.63, 3.8) is 0 Å². The van der Waals surface area contributed by atoms with Crippen LogP contribution in [0.4, 0.5) is 0 Å². The second kappa shape index (κ2) is 5.12. The molecule has 8 nitrogen and oxygen atoms in total. The highest BCUT2D eigenvalue weighted by molar-refractivity contribution is 5.92. The van der Waals surface area contributed by atoms with Crippen LogP contribution >= 0.6 is 0 Å². The number of H-pyrrole nitrogens is 1. The van der Waals surface area contributed by atoms with Gasteiger partial charge >= 0.3 is 0 Å². The molecule has 2 rings (SSSR count). The molecule has 2 N–H and O–H groups in total. The second-order valence-corrected chi connectivity index (χ2v) is 5.34. The van der Waals surface area contributed by atoms with Gasteiger partial charge < -0.3 is 14.8 Å². The Morgan fingerprint density at radius 1 is 1.24 bits per heavy atom. The summed E-state index contributed by atoms with van der Waals surface area (Å²) in [6.07, 6.45) is 0. The Morgan fingerprint density at radius 2 is 1.90 bits per heavy atom. The first kappa shape index (κ1) is 14.9. The highest BCUT2D eigenvalue weighted by atomic mass is 16.5. The summed E-state index contributed by atoms with van der Waals surface area (Å²) >= 11 is 0. The van der Waals surface area contributed by atoms with Gasteiger partial charge in [-0.2, -0.15) is 4.98 Å². The standard InChI is InChI=1S/C13H17N5O3/c1-6-7(2)15-10(19)9(14-6)11(20)17-13(4,5)12-16-8(3)21-18-12/h1-5H3,(H,15,19)(H,17,20). The number of aromatic nitrogens is 4. The van der Waals surface area contributed by atoms with Gasteiger partial charge in [0.25, 0.3) is 11.5 Å². The zero-order valence-corrected chi connectivity index (χ0v) is 12.6. The lowest BCUT2D eigenvalue weighted by Gasteiger charge is -2.21. The first-order chi connectivity index (χ1) is 9.70. The number of hydrogen-bond donors (Lipinski definition) is 2. The number of nitrogens with one attached hydrogen (secondary N) is 2. The Balaban J connectivity index is 2.30. The van der Waals surface area contributed by atoms with E-state index in [0.717, 1.165) is 0 Å². The minimum atomic E-state index is -0.887. The third kappa shape index (κ3) is 2.99. The topological polar surface area (TPSA) is 114 Å². The maximum atomic E-state index is 12.2. The van der Waals surface area contributed by atoms with Crippen LogP contribution in [0.25, 0.3) is 0 Å². The van der Waals surface area contributed by atoms with Crippen molar-refractivity contribution in [1.82, 2.24) is 25.4 Å². The van der Waals surface area contributed by atoms with E-state index in [1.807, 2.05) is 0 Å². The fourth-order valence-corrected chi connectivity index (χ4v) is 1.73. The van der Waals surface area contributed by atoms with Gasteiger partial charge in [0, 0.05) is 12.6 Å². The van der Waals surface area contributed by atoms with Gasteiger partial charge in [-0.15, -0.1) is 0 Å². The molecule has 2 aromatic rings. The largest absolute Gasteiger partial charge is 0.340 e. The molecule has 0 fully saturated rings. The van der Waals surface area contributed by atoms with Crippen LogP contribution in [0.15, 0.2) is 9.32 Å². The molecule has 0 aliphatic rings. The molecular formula is C13H17N5O3. The van der Waals surface area contributed by atoms with E-state index < -0.39 is 17.0 Å². The Kier molecular flexibility index (Phi) is 3.63. The first-order valence-electron chi connectivity index (χ1n) is 6.41. The number of rotatable bonds is 3. The van der Waals surface area contributed by atoms with E-state index in [9.17, 15) is 9.59 Å². The van der Waals surface area contributed by atoms with Crippen LogP contribution in [0, 0.1) is 20.8 Å². The smallest absolute Gasteiger partial charge is 0.279 e. The van der Waals surface area contributed by atoms with Gasteiger partial charge in [0.15, 0.2) is 11.5 Å². The van der Waals surface area contributed by atoms with Gasteiger partial charge in [0.2, 0.25) is 5.89 Å². The Labute approximate surface area is 121 Å². The third-order valence-electron chi connectivity index (χ3n) is 3.07. The minimum absolute atomic E-state index is 0.189. The average molecular weight is 291 g/mol. The molecule has 2 heterocycles. The number of hydrogen-bond acceptors (Lipinski definition) is 6. The zero-order valence-electron chi connectivity index (χ0n) is 12.6. The van der Waals surface area contributed by atoms with Crippen LogP contribution in [0.2, 0.25) is 0 Å². The number of amides is 1. The Bertz CT molecular complexity index is 745. The highest BCUT2D eigenvalue weighted by Crippen LogP contribution is 2.16. The van der Waals surface area contributed by atoms with Crippen LogP contribution in [0.5, 0.6) is 0 Å². The fourth-order valence-electron chi connectivity index (χ4n) is 1.73. The number of carbonyl (C=O) groups is 1. The number of aryl methyl sites for hydroxylation is 3. The fraction of sp³-hybridized carbons (Fsp3) is 0.462. The van der Waals surface area contributed by atoms with Crippen LogP contribution in [-0.2, 0) is 5.54 Å². The van der Waals surface area contributed by atoms with Crippen LogP contribution in [-0.4, -0.2) is 26.0 Å². The van der Waals surface area contributed by atoms with Crippen LogP contribution < -0.4 is 10.9 Å². The van der Waals surface area contributed by atoms with E-state index in [1.165, 1.54) is 0 Å². The maximum Gasteiger partial charge on any atom is 0.279 e. The molecule has 2 aromatic heterocycles. The molecule has 8 heteroatoms. The molecule has 0 saturated carbocycles. The van der Waals surface area contributed by atoms with Crippen molar-refractivity contribution in [3.8, 4) is 0 Å². The van der Waals surface area contributed by atoms with Gasteiger partial charge in [0.05, 0.1) is 11.2 Å². The first-order valence-corrected chi connectivity index (χ1v) is 6.41. The van der Waals surface area contributed by atoms with Crippen molar-refractivity contribution >= 4 is 5.91 Å². The zero-order chi connectivity index (χ0) is 15.8. The average Bonchev–Trinajstić information content (AvgIpc) is 2.80. The number of nitrogens with zero attached hydrogens (tertiary/aromatic N) is 3. The molecule has 112 valence electrons. The molecule has 0 radical (unpaired) electrons. The van der Waals surface area contributed by atoms with E-state index in [4.69, 9.17) is 4.52 Å². The summed E-state index contributed by atoms with van der Waals surface area (Å²) in [7, 11) is 0. The molecule has 0 unspecified atom stereocenters. The lowest BCUT2D eigenvalue weighted by Crippen LogP contribution is -2.44. The quantitative estimate of drug-likeness (QED) is 0.862. The van der Waals surface area contributed by atoms with Crippen molar-refractivity contribution in [2.75, 3.05) is 0 Å². The SMILES string of the molecule is Cc1nc(C(C)(C)NC(=O)c2nc(C)c(C)[nH]c2=O)no1. The van der Waals surface area contributed by atoms with Crippen molar-refractivity contribution < 1.29 is 9.32 Å². The molecule has 0 saturated heterocycles.